The fourth-order valence-electron chi connectivity index (χ4n) is 3.45. The SMILES string of the molecule is CN1CCC/C1=N\S(=O)(=O)c1ccc(NC(=O)c2ccc(-c3ccccc3)[nH]c2=O)cc1. The molecular formula is C23H22N4O4S. The van der Waals surface area contributed by atoms with E-state index >= 15 is 0 Å². The third kappa shape index (κ3) is 4.62. The highest BCUT2D eigenvalue weighted by Crippen LogP contribution is 2.20. The summed E-state index contributed by atoms with van der Waals surface area (Å²) < 4.78 is 29.0. The van der Waals surface area contributed by atoms with E-state index in [1.165, 1.54) is 30.3 Å². The van der Waals surface area contributed by atoms with Crippen LogP contribution in [0.25, 0.3) is 11.3 Å². The van der Waals surface area contributed by atoms with Crippen LogP contribution in [-0.4, -0.2) is 43.6 Å². The Labute approximate surface area is 185 Å². The number of likely N-dealkylation sites (tertiary alicyclic amines) is 1. The Bertz CT molecular complexity index is 1330. The van der Waals surface area contributed by atoms with Gasteiger partial charge in [-0.2, -0.15) is 8.42 Å². The molecule has 164 valence electrons. The van der Waals surface area contributed by atoms with Crippen molar-refractivity contribution in [2.24, 2.45) is 4.40 Å². The maximum Gasteiger partial charge on any atom is 0.283 e. The summed E-state index contributed by atoms with van der Waals surface area (Å²) in [5.41, 5.74) is 1.25. The molecule has 1 aliphatic heterocycles. The number of carbonyl (C=O) groups is 1. The van der Waals surface area contributed by atoms with Crippen molar-refractivity contribution in [3.05, 3.63) is 82.6 Å². The van der Waals surface area contributed by atoms with Gasteiger partial charge in [0.2, 0.25) is 0 Å². The van der Waals surface area contributed by atoms with Crippen LogP contribution >= 0.6 is 0 Å². The minimum absolute atomic E-state index is 0.0355. The molecule has 3 aromatic rings. The van der Waals surface area contributed by atoms with Gasteiger partial charge in [-0.05, 0) is 48.4 Å². The number of pyridine rings is 1. The first kappa shape index (κ1) is 21.5. The molecule has 32 heavy (non-hydrogen) atoms. The molecule has 1 aliphatic rings. The van der Waals surface area contributed by atoms with E-state index in [9.17, 15) is 18.0 Å². The maximum atomic E-state index is 12.6. The number of benzene rings is 2. The Morgan fingerprint density at radius 2 is 1.75 bits per heavy atom. The summed E-state index contributed by atoms with van der Waals surface area (Å²) in [6.45, 7) is 0.783. The molecule has 9 heteroatoms. The Hall–Kier alpha value is -3.72. The molecule has 1 amide bonds. The summed E-state index contributed by atoms with van der Waals surface area (Å²) in [6, 6.07) is 18.1. The number of amidine groups is 1. The van der Waals surface area contributed by atoms with Gasteiger partial charge in [-0.15, -0.1) is 4.40 Å². The second-order valence-electron chi connectivity index (χ2n) is 7.47. The van der Waals surface area contributed by atoms with Crippen molar-refractivity contribution in [2.45, 2.75) is 17.7 Å². The molecule has 0 saturated carbocycles. The third-order valence-electron chi connectivity index (χ3n) is 5.21. The van der Waals surface area contributed by atoms with E-state index in [-0.39, 0.29) is 10.5 Å². The number of hydrogen-bond acceptors (Lipinski definition) is 4. The van der Waals surface area contributed by atoms with E-state index in [0.29, 0.717) is 23.6 Å². The van der Waals surface area contributed by atoms with Crippen LogP contribution in [-0.2, 0) is 10.0 Å². The normalized spacial score (nSPS) is 15.2. The van der Waals surface area contributed by atoms with E-state index < -0.39 is 21.5 Å². The van der Waals surface area contributed by atoms with Crippen molar-refractivity contribution in [2.75, 3.05) is 18.9 Å². The molecule has 0 spiro atoms. The summed E-state index contributed by atoms with van der Waals surface area (Å²) >= 11 is 0. The molecule has 8 nitrogen and oxygen atoms in total. The summed E-state index contributed by atoms with van der Waals surface area (Å²) in [6.07, 6.45) is 1.50. The van der Waals surface area contributed by atoms with Crippen molar-refractivity contribution in [1.82, 2.24) is 9.88 Å². The minimum Gasteiger partial charge on any atom is -0.362 e. The zero-order chi connectivity index (χ0) is 22.7. The van der Waals surface area contributed by atoms with Crippen LogP contribution in [0, 0.1) is 0 Å². The second kappa shape index (κ2) is 8.80. The monoisotopic (exact) mass is 450 g/mol. The standard InChI is InChI=1S/C23H22N4O4S/c1-27-15-5-8-21(27)26-32(30,31)18-11-9-17(10-12-18)24-22(28)19-13-14-20(25-23(19)29)16-6-3-2-4-7-16/h2-4,6-7,9-14H,5,8,15H2,1H3,(H,24,28)(H,25,29)/b26-21+. The van der Waals surface area contributed by atoms with Gasteiger partial charge >= 0.3 is 0 Å². The van der Waals surface area contributed by atoms with Crippen LogP contribution in [0.1, 0.15) is 23.2 Å². The Kier molecular flexibility index (Phi) is 5.91. The van der Waals surface area contributed by atoms with E-state index in [1.54, 1.807) is 6.07 Å². The molecule has 0 unspecified atom stereocenters. The summed E-state index contributed by atoms with van der Waals surface area (Å²) in [5, 5.41) is 2.62. The second-order valence-corrected chi connectivity index (χ2v) is 9.07. The predicted octanol–water partition coefficient (Wildman–Crippen LogP) is 3.11. The molecular weight excluding hydrogens is 428 g/mol. The Balaban J connectivity index is 1.49. The molecule has 2 heterocycles. The number of hydrogen-bond donors (Lipinski definition) is 2. The van der Waals surface area contributed by atoms with E-state index in [2.05, 4.69) is 14.7 Å². The quantitative estimate of drug-likeness (QED) is 0.620. The zero-order valence-electron chi connectivity index (χ0n) is 17.4. The molecule has 0 radical (unpaired) electrons. The number of rotatable bonds is 5. The zero-order valence-corrected chi connectivity index (χ0v) is 18.2. The number of sulfonamides is 1. The van der Waals surface area contributed by atoms with Gasteiger partial charge in [0.1, 0.15) is 11.4 Å². The molecule has 1 saturated heterocycles. The van der Waals surface area contributed by atoms with Crippen molar-refractivity contribution in [3.8, 4) is 11.3 Å². The Morgan fingerprint density at radius 3 is 2.38 bits per heavy atom. The lowest BCUT2D eigenvalue weighted by Crippen LogP contribution is -2.23. The van der Waals surface area contributed by atoms with E-state index in [1.807, 2.05) is 42.3 Å². The van der Waals surface area contributed by atoms with Crippen LogP contribution in [0.15, 0.2) is 80.8 Å². The van der Waals surface area contributed by atoms with Crippen LogP contribution in [0.2, 0.25) is 0 Å². The lowest BCUT2D eigenvalue weighted by molar-refractivity contribution is 0.102. The van der Waals surface area contributed by atoms with Crippen molar-refractivity contribution in [3.63, 3.8) is 0 Å². The van der Waals surface area contributed by atoms with Crippen molar-refractivity contribution >= 4 is 27.5 Å². The van der Waals surface area contributed by atoms with Crippen molar-refractivity contribution < 1.29 is 13.2 Å². The van der Waals surface area contributed by atoms with Crippen LogP contribution in [0.5, 0.6) is 0 Å². The van der Waals surface area contributed by atoms with Crippen LogP contribution < -0.4 is 10.9 Å². The smallest absolute Gasteiger partial charge is 0.283 e. The number of anilines is 1. The molecule has 2 aromatic carbocycles. The van der Waals surface area contributed by atoms with Gasteiger partial charge in [0.15, 0.2) is 0 Å². The van der Waals surface area contributed by atoms with Crippen molar-refractivity contribution in [1.29, 1.82) is 0 Å². The van der Waals surface area contributed by atoms with Gasteiger partial charge in [-0.25, -0.2) is 0 Å². The van der Waals surface area contributed by atoms with Gasteiger partial charge < -0.3 is 15.2 Å². The first-order chi connectivity index (χ1) is 15.3. The molecule has 0 bridgehead atoms. The first-order valence-corrected chi connectivity index (χ1v) is 11.5. The molecule has 1 fully saturated rings. The molecule has 2 N–H and O–H groups in total. The predicted molar refractivity (Wildman–Crippen MR) is 123 cm³/mol. The summed E-state index contributed by atoms with van der Waals surface area (Å²) in [4.78, 5) is 29.5. The first-order valence-electron chi connectivity index (χ1n) is 10.1. The Morgan fingerprint density at radius 1 is 1.03 bits per heavy atom. The van der Waals surface area contributed by atoms with Gasteiger partial charge in [0, 0.05) is 31.4 Å². The highest BCUT2D eigenvalue weighted by atomic mass is 32.2. The average molecular weight is 451 g/mol. The lowest BCUT2D eigenvalue weighted by Gasteiger charge is -2.11. The van der Waals surface area contributed by atoms with E-state index in [4.69, 9.17) is 0 Å². The third-order valence-corrected chi connectivity index (χ3v) is 6.53. The van der Waals surface area contributed by atoms with Gasteiger partial charge in [-0.3, -0.25) is 9.59 Å². The topological polar surface area (TPSA) is 112 Å². The van der Waals surface area contributed by atoms with E-state index in [0.717, 1.165) is 18.5 Å². The fourth-order valence-corrected chi connectivity index (χ4v) is 4.54. The maximum absolute atomic E-state index is 12.6. The van der Waals surface area contributed by atoms with Gasteiger partial charge in [-0.1, -0.05) is 30.3 Å². The lowest BCUT2D eigenvalue weighted by atomic mass is 10.1. The highest BCUT2D eigenvalue weighted by Gasteiger charge is 2.20. The number of nitrogens with zero attached hydrogens (tertiary/aromatic N) is 2. The highest BCUT2D eigenvalue weighted by molar-refractivity contribution is 7.90. The minimum atomic E-state index is -3.83. The fraction of sp³-hybridized carbons (Fsp3) is 0.174. The number of nitrogens with one attached hydrogen (secondary N) is 2. The van der Waals surface area contributed by atoms with Gasteiger partial charge in [0.05, 0.1) is 4.90 Å². The molecule has 4 rings (SSSR count). The number of amides is 1. The molecule has 0 aliphatic carbocycles. The largest absolute Gasteiger partial charge is 0.362 e. The summed E-state index contributed by atoms with van der Waals surface area (Å²) in [7, 11) is -2.02. The van der Waals surface area contributed by atoms with Crippen LogP contribution in [0.3, 0.4) is 0 Å². The number of aromatic nitrogens is 1. The number of aromatic amines is 1. The van der Waals surface area contributed by atoms with Gasteiger partial charge in [0.25, 0.3) is 21.5 Å². The number of H-pyrrole nitrogens is 1. The molecule has 0 atom stereocenters. The molecule has 1 aromatic heterocycles. The van der Waals surface area contributed by atoms with Crippen LogP contribution in [0.4, 0.5) is 5.69 Å². The summed E-state index contributed by atoms with van der Waals surface area (Å²) in [5.74, 6) is -0.0464. The number of carbonyl (C=O) groups excluding carboxylic acids is 1. The average Bonchev–Trinajstić information content (AvgIpc) is 3.18.